The van der Waals surface area contributed by atoms with Crippen LogP contribution in [0.15, 0.2) is 0 Å². The van der Waals surface area contributed by atoms with Crippen LogP contribution in [0.3, 0.4) is 0 Å². The number of thiophene rings is 1. The third kappa shape index (κ3) is 3.55. The van der Waals surface area contributed by atoms with E-state index in [2.05, 4.69) is 5.32 Å². The van der Waals surface area contributed by atoms with E-state index in [1.165, 1.54) is 0 Å². The lowest BCUT2D eigenvalue weighted by atomic mass is 10.2. The molecule has 1 aromatic heterocycles. The summed E-state index contributed by atoms with van der Waals surface area (Å²) in [5, 5.41) is 12.2. The Hall–Kier alpha value is -1.87. The van der Waals surface area contributed by atoms with Gasteiger partial charge >= 0.3 is 5.97 Å². The number of amides is 1. The Morgan fingerprint density at radius 3 is 2.58 bits per heavy atom. The first kappa shape index (κ1) is 15.2. The Morgan fingerprint density at radius 1 is 1.47 bits per heavy atom. The molecule has 102 valence electrons. The fourth-order valence-corrected chi connectivity index (χ4v) is 2.47. The van der Waals surface area contributed by atoms with Gasteiger partial charge in [0.1, 0.15) is 15.9 Å². The first-order valence-corrected chi connectivity index (χ1v) is 6.76. The predicted molar refractivity (Wildman–Crippen MR) is 73.2 cm³/mol. The molecule has 5 nitrogen and oxygen atoms in total. The molecule has 0 saturated heterocycles. The number of nitrogens with zero attached hydrogens (tertiary/aromatic N) is 1. The van der Waals surface area contributed by atoms with Crippen LogP contribution in [0.25, 0.3) is 0 Å². The Kier molecular flexibility index (Phi) is 5.07. The maximum atomic E-state index is 11.9. The van der Waals surface area contributed by atoms with Gasteiger partial charge in [0.2, 0.25) is 5.91 Å². The molecule has 0 fully saturated rings. The van der Waals surface area contributed by atoms with Gasteiger partial charge in [-0.05, 0) is 26.3 Å². The highest BCUT2D eigenvalue weighted by molar-refractivity contribution is 7.18. The molecule has 0 radical (unpaired) electrons. The molecule has 1 heterocycles. The van der Waals surface area contributed by atoms with Crippen LogP contribution in [0, 0.1) is 18.3 Å². The molecule has 1 N–H and O–H groups in total. The zero-order valence-corrected chi connectivity index (χ0v) is 12.2. The summed E-state index contributed by atoms with van der Waals surface area (Å²) in [6, 6.07) is 2.01. The molecule has 0 bridgehead atoms. The van der Waals surface area contributed by atoms with E-state index in [-0.39, 0.29) is 12.0 Å². The van der Waals surface area contributed by atoms with Crippen molar-refractivity contribution in [1.82, 2.24) is 0 Å². The zero-order chi connectivity index (χ0) is 14.6. The maximum Gasteiger partial charge on any atom is 0.348 e. The number of esters is 1. The fourth-order valence-electron chi connectivity index (χ4n) is 1.41. The molecule has 0 aromatic carbocycles. The Labute approximate surface area is 116 Å². The molecule has 19 heavy (non-hydrogen) atoms. The summed E-state index contributed by atoms with van der Waals surface area (Å²) in [5.74, 6) is -0.660. The lowest BCUT2D eigenvalue weighted by Crippen LogP contribution is -2.11. The maximum absolute atomic E-state index is 11.9. The number of ether oxygens (including phenoxy) is 1. The summed E-state index contributed by atoms with van der Waals surface area (Å²) in [6.07, 6.45) is 0.0846. The topological polar surface area (TPSA) is 79.2 Å². The van der Waals surface area contributed by atoms with Crippen LogP contribution in [-0.4, -0.2) is 18.0 Å². The standard InChI is InChI=1S/C13H16N2O3S/c1-5-10(16)15-12-9(6-14)8(4)11(19-12)13(17)18-7(2)3/h7H,5H2,1-4H3,(H,15,16). The van der Waals surface area contributed by atoms with Gasteiger partial charge in [-0.2, -0.15) is 5.26 Å². The molecule has 1 aromatic rings. The summed E-state index contributed by atoms with van der Waals surface area (Å²) >= 11 is 1.08. The fraction of sp³-hybridized carbons (Fsp3) is 0.462. The van der Waals surface area contributed by atoms with Gasteiger partial charge in [0, 0.05) is 6.42 Å². The number of hydrogen-bond donors (Lipinski definition) is 1. The largest absolute Gasteiger partial charge is 0.459 e. The van der Waals surface area contributed by atoms with Gasteiger partial charge in [0.25, 0.3) is 0 Å². The van der Waals surface area contributed by atoms with E-state index >= 15 is 0 Å². The minimum atomic E-state index is -0.467. The van der Waals surface area contributed by atoms with Gasteiger partial charge in [-0.25, -0.2) is 4.79 Å². The smallest absolute Gasteiger partial charge is 0.348 e. The quantitative estimate of drug-likeness (QED) is 0.860. The van der Waals surface area contributed by atoms with Crippen LogP contribution < -0.4 is 5.32 Å². The molecule has 0 saturated carbocycles. The van der Waals surface area contributed by atoms with Crippen molar-refractivity contribution in [2.75, 3.05) is 5.32 Å². The van der Waals surface area contributed by atoms with E-state index in [0.29, 0.717) is 27.4 Å². The van der Waals surface area contributed by atoms with E-state index in [1.54, 1.807) is 27.7 Å². The predicted octanol–water partition coefficient (Wildman–Crippen LogP) is 2.84. The van der Waals surface area contributed by atoms with Crippen LogP contribution >= 0.6 is 11.3 Å². The highest BCUT2D eigenvalue weighted by Gasteiger charge is 2.22. The summed E-state index contributed by atoms with van der Waals surface area (Å²) in [5.41, 5.74) is 0.868. The number of carbonyl (C=O) groups excluding carboxylic acids is 2. The van der Waals surface area contributed by atoms with E-state index < -0.39 is 5.97 Å². The van der Waals surface area contributed by atoms with E-state index in [0.717, 1.165) is 11.3 Å². The third-order valence-electron chi connectivity index (χ3n) is 2.36. The second-order valence-electron chi connectivity index (χ2n) is 4.23. The Bertz CT molecular complexity index is 541. The lowest BCUT2D eigenvalue weighted by Gasteiger charge is -2.06. The van der Waals surface area contributed by atoms with E-state index in [4.69, 9.17) is 10.00 Å². The minimum absolute atomic E-state index is 0.193. The van der Waals surface area contributed by atoms with Gasteiger partial charge in [-0.15, -0.1) is 11.3 Å². The minimum Gasteiger partial charge on any atom is -0.459 e. The molecule has 0 unspecified atom stereocenters. The van der Waals surface area contributed by atoms with Crippen molar-refractivity contribution >= 4 is 28.2 Å². The van der Waals surface area contributed by atoms with Crippen LogP contribution in [0.5, 0.6) is 0 Å². The van der Waals surface area contributed by atoms with E-state index in [1.807, 2.05) is 6.07 Å². The summed E-state index contributed by atoms with van der Waals surface area (Å²) in [7, 11) is 0. The molecule has 0 spiro atoms. The molecule has 1 amide bonds. The van der Waals surface area contributed by atoms with Gasteiger partial charge in [-0.3, -0.25) is 4.79 Å². The first-order chi connectivity index (χ1) is 8.90. The molecule has 6 heteroatoms. The zero-order valence-electron chi connectivity index (χ0n) is 11.4. The average molecular weight is 280 g/mol. The molecule has 1 rings (SSSR count). The van der Waals surface area contributed by atoms with Gasteiger partial charge in [0.15, 0.2) is 0 Å². The van der Waals surface area contributed by atoms with Crippen LogP contribution in [0.1, 0.15) is 48.0 Å². The molecule has 0 aliphatic heterocycles. The number of nitriles is 1. The first-order valence-electron chi connectivity index (χ1n) is 5.95. The summed E-state index contributed by atoms with van der Waals surface area (Å²) in [6.45, 7) is 6.90. The molecule has 0 aliphatic carbocycles. The highest BCUT2D eigenvalue weighted by Crippen LogP contribution is 2.33. The van der Waals surface area contributed by atoms with Crippen LogP contribution in [0.4, 0.5) is 5.00 Å². The van der Waals surface area contributed by atoms with Crippen molar-refractivity contribution in [3.05, 3.63) is 16.0 Å². The van der Waals surface area contributed by atoms with Crippen molar-refractivity contribution in [3.63, 3.8) is 0 Å². The van der Waals surface area contributed by atoms with Crippen molar-refractivity contribution in [1.29, 1.82) is 5.26 Å². The monoisotopic (exact) mass is 280 g/mol. The number of anilines is 1. The van der Waals surface area contributed by atoms with Crippen molar-refractivity contribution < 1.29 is 14.3 Å². The SMILES string of the molecule is CCC(=O)Nc1sc(C(=O)OC(C)C)c(C)c1C#N. The molecule has 0 atom stereocenters. The van der Waals surface area contributed by atoms with Gasteiger partial charge in [-0.1, -0.05) is 6.92 Å². The van der Waals surface area contributed by atoms with E-state index in [9.17, 15) is 9.59 Å². The Morgan fingerprint density at radius 2 is 2.11 bits per heavy atom. The third-order valence-corrected chi connectivity index (χ3v) is 3.55. The second-order valence-corrected chi connectivity index (χ2v) is 5.25. The number of carbonyl (C=O) groups is 2. The molecular weight excluding hydrogens is 264 g/mol. The normalized spacial score (nSPS) is 10.1. The van der Waals surface area contributed by atoms with Crippen molar-refractivity contribution in [3.8, 4) is 6.07 Å². The Balaban J connectivity index is 3.12. The summed E-state index contributed by atoms with van der Waals surface area (Å²) in [4.78, 5) is 23.6. The van der Waals surface area contributed by atoms with Crippen molar-refractivity contribution in [2.45, 2.75) is 40.2 Å². The average Bonchev–Trinajstić information content (AvgIpc) is 2.64. The second kappa shape index (κ2) is 6.34. The molecular formula is C13H16N2O3S. The number of nitrogens with one attached hydrogen (secondary N) is 1. The van der Waals surface area contributed by atoms with Gasteiger partial charge in [0.05, 0.1) is 11.7 Å². The van der Waals surface area contributed by atoms with Crippen LogP contribution in [0.2, 0.25) is 0 Å². The molecule has 0 aliphatic rings. The lowest BCUT2D eigenvalue weighted by molar-refractivity contribution is -0.115. The number of hydrogen-bond acceptors (Lipinski definition) is 5. The number of rotatable bonds is 4. The van der Waals surface area contributed by atoms with Crippen molar-refractivity contribution in [2.24, 2.45) is 0 Å². The van der Waals surface area contributed by atoms with Gasteiger partial charge < -0.3 is 10.1 Å². The van der Waals surface area contributed by atoms with Crippen LogP contribution in [-0.2, 0) is 9.53 Å². The summed E-state index contributed by atoms with van der Waals surface area (Å²) < 4.78 is 5.11. The highest BCUT2D eigenvalue weighted by atomic mass is 32.1.